The Morgan fingerprint density at radius 3 is 2.74 bits per heavy atom. The Balaban J connectivity index is 1.97. The summed E-state index contributed by atoms with van der Waals surface area (Å²) < 4.78 is 12.4. The average molecular weight is 387 g/mol. The number of pyridine rings is 1. The average Bonchev–Trinajstić information content (AvgIpc) is 3.15. The lowest BCUT2D eigenvalue weighted by molar-refractivity contribution is 0.0528. The van der Waals surface area contributed by atoms with Crippen molar-refractivity contribution in [2.75, 3.05) is 18.5 Å². The first-order chi connectivity index (χ1) is 13.0. The molecule has 3 rings (SSSR count). The van der Waals surface area contributed by atoms with Gasteiger partial charge in [0.25, 0.3) is 5.91 Å². The lowest BCUT2D eigenvalue weighted by Gasteiger charge is -2.08. The first-order valence-electron chi connectivity index (χ1n) is 8.65. The highest BCUT2D eigenvalue weighted by atomic mass is 32.1. The van der Waals surface area contributed by atoms with E-state index in [2.05, 4.69) is 10.3 Å². The van der Waals surface area contributed by atoms with Gasteiger partial charge in [0.1, 0.15) is 10.7 Å². The first-order valence-corrected chi connectivity index (χ1v) is 9.47. The molecule has 0 bridgehead atoms. The highest BCUT2D eigenvalue weighted by Gasteiger charge is 2.22. The standard InChI is InChI=1S/C19H21N3O4S/c1-5-25-14-8-7-9-22-15(12(4)20-16(14)22)17(23)21-18-13(10-11(3)27-18)19(24)26-6-2/h7-10H,5-6H2,1-4H3,(H,21,23). The lowest BCUT2D eigenvalue weighted by Crippen LogP contribution is -2.17. The van der Waals surface area contributed by atoms with Crippen molar-refractivity contribution in [1.29, 1.82) is 0 Å². The number of aromatic nitrogens is 2. The molecule has 27 heavy (non-hydrogen) atoms. The molecule has 0 radical (unpaired) electrons. The fraction of sp³-hybridized carbons (Fsp3) is 0.316. The molecule has 0 fully saturated rings. The smallest absolute Gasteiger partial charge is 0.341 e. The molecule has 0 spiro atoms. The molecule has 1 N–H and O–H groups in total. The summed E-state index contributed by atoms with van der Waals surface area (Å²) in [5.41, 5.74) is 1.90. The van der Waals surface area contributed by atoms with Crippen LogP contribution in [-0.4, -0.2) is 34.5 Å². The Morgan fingerprint density at radius 2 is 2.04 bits per heavy atom. The second-order valence-electron chi connectivity index (χ2n) is 5.82. The number of carbonyl (C=O) groups excluding carboxylic acids is 2. The van der Waals surface area contributed by atoms with Crippen LogP contribution in [0.5, 0.6) is 5.75 Å². The van der Waals surface area contributed by atoms with E-state index in [4.69, 9.17) is 9.47 Å². The molecule has 142 valence electrons. The third-order valence-electron chi connectivity index (χ3n) is 3.88. The van der Waals surface area contributed by atoms with Gasteiger partial charge in [-0.25, -0.2) is 9.78 Å². The van der Waals surface area contributed by atoms with Crippen molar-refractivity contribution >= 4 is 33.9 Å². The van der Waals surface area contributed by atoms with Crippen LogP contribution in [0, 0.1) is 13.8 Å². The van der Waals surface area contributed by atoms with E-state index in [0.29, 0.717) is 40.0 Å². The minimum atomic E-state index is -0.453. The summed E-state index contributed by atoms with van der Waals surface area (Å²) in [4.78, 5) is 30.5. The summed E-state index contributed by atoms with van der Waals surface area (Å²) in [6.07, 6.45) is 1.76. The molecule has 7 nitrogen and oxygen atoms in total. The molecule has 0 saturated heterocycles. The van der Waals surface area contributed by atoms with E-state index in [1.54, 1.807) is 36.6 Å². The fourth-order valence-corrected chi connectivity index (χ4v) is 3.72. The number of esters is 1. The van der Waals surface area contributed by atoms with Crippen LogP contribution in [0.2, 0.25) is 0 Å². The maximum Gasteiger partial charge on any atom is 0.341 e. The van der Waals surface area contributed by atoms with E-state index in [0.717, 1.165) is 4.88 Å². The largest absolute Gasteiger partial charge is 0.490 e. The van der Waals surface area contributed by atoms with E-state index < -0.39 is 5.97 Å². The van der Waals surface area contributed by atoms with Crippen LogP contribution < -0.4 is 10.1 Å². The highest BCUT2D eigenvalue weighted by Crippen LogP contribution is 2.29. The predicted molar refractivity (Wildman–Crippen MR) is 104 cm³/mol. The number of nitrogens with one attached hydrogen (secondary N) is 1. The third-order valence-corrected chi connectivity index (χ3v) is 4.85. The van der Waals surface area contributed by atoms with Gasteiger partial charge in [-0.15, -0.1) is 11.3 Å². The number of anilines is 1. The molecule has 0 atom stereocenters. The molecule has 3 aromatic heterocycles. The Hall–Kier alpha value is -2.87. The first kappa shape index (κ1) is 18.9. The summed E-state index contributed by atoms with van der Waals surface area (Å²) in [7, 11) is 0. The van der Waals surface area contributed by atoms with E-state index in [-0.39, 0.29) is 12.5 Å². The Labute approximate surface area is 160 Å². The normalized spacial score (nSPS) is 10.8. The molecule has 1 amide bonds. The second-order valence-corrected chi connectivity index (χ2v) is 7.08. The number of thiophene rings is 1. The van der Waals surface area contributed by atoms with Gasteiger partial charge in [-0.05, 0) is 45.9 Å². The minimum Gasteiger partial charge on any atom is -0.490 e. The molecule has 0 unspecified atom stereocenters. The van der Waals surface area contributed by atoms with Crippen LogP contribution in [0.3, 0.4) is 0 Å². The molecule has 3 aromatic rings. The SMILES string of the molecule is CCOC(=O)c1cc(C)sc1NC(=O)c1c(C)nc2c(OCC)cccn12. The number of imidazole rings is 1. The maximum absolute atomic E-state index is 13.0. The molecular formula is C19H21N3O4S. The van der Waals surface area contributed by atoms with E-state index in [1.807, 2.05) is 19.9 Å². The van der Waals surface area contributed by atoms with Crippen molar-refractivity contribution < 1.29 is 19.1 Å². The van der Waals surface area contributed by atoms with Gasteiger partial charge in [-0.2, -0.15) is 0 Å². The lowest BCUT2D eigenvalue weighted by atomic mass is 10.2. The third kappa shape index (κ3) is 3.66. The van der Waals surface area contributed by atoms with Crippen LogP contribution >= 0.6 is 11.3 Å². The molecule has 0 saturated carbocycles. The number of amides is 1. The number of carbonyl (C=O) groups is 2. The van der Waals surface area contributed by atoms with Crippen LogP contribution in [0.15, 0.2) is 24.4 Å². The van der Waals surface area contributed by atoms with Gasteiger partial charge in [0.15, 0.2) is 11.4 Å². The van der Waals surface area contributed by atoms with Crippen molar-refractivity contribution in [3.63, 3.8) is 0 Å². The van der Waals surface area contributed by atoms with Gasteiger partial charge in [-0.3, -0.25) is 9.20 Å². The van der Waals surface area contributed by atoms with Crippen LogP contribution in [0.4, 0.5) is 5.00 Å². The van der Waals surface area contributed by atoms with Gasteiger partial charge < -0.3 is 14.8 Å². The van der Waals surface area contributed by atoms with Gasteiger partial charge >= 0.3 is 5.97 Å². The monoisotopic (exact) mass is 387 g/mol. The number of hydrogen-bond donors (Lipinski definition) is 1. The zero-order valence-corrected chi connectivity index (χ0v) is 16.5. The fourth-order valence-electron chi connectivity index (χ4n) is 2.83. The van der Waals surface area contributed by atoms with Gasteiger partial charge in [0.05, 0.1) is 24.5 Å². The molecule has 8 heteroatoms. The molecule has 0 aromatic carbocycles. The number of hydrogen-bond acceptors (Lipinski definition) is 6. The van der Waals surface area contributed by atoms with Crippen LogP contribution in [-0.2, 0) is 4.74 Å². The molecule has 0 aliphatic carbocycles. The molecule has 0 aliphatic heterocycles. The van der Waals surface area contributed by atoms with Crippen LogP contribution in [0.1, 0.15) is 45.3 Å². The summed E-state index contributed by atoms with van der Waals surface area (Å²) in [6, 6.07) is 5.33. The Bertz CT molecular complexity index is 1010. The van der Waals surface area contributed by atoms with Crippen molar-refractivity contribution in [1.82, 2.24) is 9.38 Å². The highest BCUT2D eigenvalue weighted by molar-refractivity contribution is 7.16. The Morgan fingerprint density at radius 1 is 1.26 bits per heavy atom. The number of nitrogens with zero attached hydrogens (tertiary/aromatic N) is 2. The van der Waals surface area contributed by atoms with E-state index in [1.165, 1.54) is 11.3 Å². The Kier molecular flexibility index (Phi) is 5.46. The number of fused-ring (bicyclic) bond motifs is 1. The molecule has 0 aliphatic rings. The van der Waals surface area contributed by atoms with Gasteiger partial charge in [-0.1, -0.05) is 0 Å². The summed E-state index contributed by atoms with van der Waals surface area (Å²) in [6.45, 7) is 8.05. The second kappa shape index (κ2) is 7.79. The van der Waals surface area contributed by atoms with Gasteiger partial charge in [0, 0.05) is 11.1 Å². The van der Waals surface area contributed by atoms with Crippen LogP contribution in [0.25, 0.3) is 5.65 Å². The summed E-state index contributed by atoms with van der Waals surface area (Å²) in [5, 5.41) is 3.30. The minimum absolute atomic E-state index is 0.272. The predicted octanol–water partition coefficient (Wildman–Crippen LogP) is 3.84. The number of ether oxygens (including phenoxy) is 2. The number of aryl methyl sites for hydroxylation is 2. The molecule has 3 heterocycles. The zero-order valence-electron chi connectivity index (χ0n) is 15.7. The zero-order chi connectivity index (χ0) is 19.6. The summed E-state index contributed by atoms with van der Waals surface area (Å²) in [5.74, 6) is -0.187. The topological polar surface area (TPSA) is 81.9 Å². The van der Waals surface area contributed by atoms with Crippen molar-refractivity contribution in [3.05, 3.63) is 46.2 Å². The van der Waals surface area contributed by atoms with E-state index >= 15 is 0 Å². The molecular weight excluding hydrogens is 366 g/mol. The van der Waals surface area contributed by atoms with Crippen molar-refractivity contribution in [2.24, 2.45) is 0 Å². The maximum atomic E-state index is 13.0. The summed E-state index contributed by atoms with van der Waals surface area (Å²) >= 11 is 1.33. The van der Waals surface area contributed by atoms with E-state index in [9.17, 15) is 9.59 Å². The van der Waals surface area contributed by atoms with Crippen molar-refractivity contribution in [3.8, 4) is 5.75 Å². The van der Waals surface area contributed by atoms with Gasteiger partial charge in [0.2, 0.25) is 0 Å². The number of rotatable bonds is 6. The quantitative estimate of drug-likeness (QED) is 0.650. The van der Waals surface area contributed by atoms with Crippen molar-refractivity contribution in [2.45, 2.75) is 27.7 Å².